The summed E-state index contributed by atoms with van der Waals surface area (Å²) in [6.45, 7) is 7.51. The number of hydrogen-bond acceptors (Lipinski definition) is 3. The fourth-order valence-corrected chi connectivity index (χ4v) is 1.98. The first-order chi connectivity index (χ1) is 7.27. The van der Waals surface area contributed by atoms with Crippen molar-refractivity contribution in [3.63, 3.8) is 0 Å². The van der Waals surface area contributed by atoms with Crippen LogP contribution in [-0.2, 0) is 9.53 Å². The van der Waals surface area contributed by atoms with Gasteiger partial charge in [0.15, 0.2) is 0 Å². The van der Waals surface area contributed by atoms with Crippen LogP contribution in [0.15, 0.2) is 0 Å². The molecule has 1 heterocycles. The van der Waals surface area contributed by atoms with Crippen LogP contribution in [0.4, 0.5) is 0 Å². The van der Waals surface area contributed by atoms with Gasteiger partial charge in [-0.3, -0.25) is 9.69 Å². The summed E-state index contributed by atoms with van der Waals surface area (Å²) >= 11 is 0. The molecule has 86 valence electrons. The molecule has 2 fully saturated rings. The van der Waals surface area contributed by atoms with E-state index in [1.54, 1.807) is 0 Å². The molecule has 2 atom stereocenters. The molecule has 0 aromatic heterocycles. The van der Waals surface area contributed by atoms with E-state index < -0.39 is 0 Å². The lowest BCUT2D eigenvalue weighted by atomic mass is 10.3. The van der Waals surface area contributed by atoms with Gasteiger partial charge in [-0.05, 0) is 12.3 Å². The van der Waals surface area contributed by atoms with Gasteiger partial charge in [0.2, 0.25) is 5.91 Å². The van der Waals surface area contributed by atoms with Crippen molar-refractivity contribution in [3.8, 4) is 0 Å². The molecule has 0 aromatic carbocycles. The maximum absolute atomic E-state index is 11.5. The maximum Gasteiger partial charge on any atom is 0.223 e. The smallest absolute Gasteiger partial charge is 0.223 e. The second kappa shape index (κ2) is 4.94. The zero-order valence-electron chi connectivity index (χ0n) is 9.37. The Balaban J connectivity index is 1.56. The highest BCUT2D eigenvalue weighted by molar-refractivity contribution is 5.81. The van der Waals surface area contributed by atoms with Gasteiger partial charge in [-0.15, -0.1) is 0 Å². The van der Waals surface area contributed by atoms with Crippen LogP contribution in [0.5, 0.6) is 0 Å². The summed E-state index contributed by atoms with van der Waals surface area (Å²) in [6.07, 6.45) is 1.07. The fourth-order valence-electron chi connectivity index (χ4n) is 1.98. The largest absolute Gasteiger partial charge is 0.379 e. The number of ether oxygens (including phenoxy) is 1. The van der Waals surface area contributed by atoms with Crippen LogP contribution < -0.4 is 5.32 Å². The van der Waals surface area contributed by atoms with Gasteiger partial charge in [0.1, 0.15) is 0 Å². The molecule has 15 heavy (non-hydrogen) atoms. The number of nitrogens with one attached hydrogen (secondary N) is 1. The Labute approximate surface area is 91.0 Å². The number of rotatable bonds is 4. The molecule has 1 amide bonds. The van der Waals surface area contributed by atoms with Crippen LogP contribution >= 0.6 is 0 Å². The molecule has 1 saturated heterocycles. The van der Waals surface area contributed by atoms with Crippen molar-refractivity contribution in [1.29, 1.82) is 0 Å². The van der Waals surface area contributed by atoms with Crippen LogP contribution in [0.25, 0.3) is 0 Å². The average Bonchev–Trinajstić information content (AvgIpc) is 2.97. The Hall–Kier alpha value is -0.610. The van der Waals surface area contributed by atoms with Crippen LogP contribution in [0.1, 0.15) is 13.3 Å². The van der Waals surface area contributed by atoms with Gasteiger partial charge in [-0.25, -0.2) is 0 Å². The van der Waals surface area contributed by atoms with E-state index in [4.69, 9.17) is 4.74 Å². The van der Waals surface area contributed by atoms with Crippen molar-refractivity contribution in [2.75, 3.05) is 39.4 Å². The van der Waals surface area contributed by atoms with Crippen molar-refractivity contribution in [2.45, 2.75) is 13.3 Å². The second-order valence-corrected chi connectivity index (χ2v) is 4.56. The first-order valence-corrected chi connectivity index (χ1v) is 5.85. The third-order valence-electron chi connectivity index (χ3n) is 3.28. The topological polar surface area (TPSA) is 41.6 Å². The summed E-state index contributed by atoms with van der Waals surface area (Å²) in [5.74, 6) is 1.15. The molecule has 0 radical (unpaired) electrons. The van der Waals surface area contributed by atoms with Gasteiger partial charge in [0.25, 0.3) is 0 Å². The maximum atomic E-state index is 11.5. The van der Waals surface area contributed by atoms with Gasteiger partial charge in [-0.1, -0.05) is 6.92 Å². The molecule has 1 N–H and O–H groups in total. The molecule has 1 saturated carbocycles. The predicted molar refractivity (Wildman–Crippen MR) is 57.5 cm³/mol. The Morgan fingerprint density at radius 3 is 2.73 bits per heavy atom. The Bertz CT molecular complexity index is 227. The molecule has 0 aromatic rings. The minimum absolute atomic E-state index is 0.246. The van der Waals surface area contributed by atoms with Gasteiger partial charge in [0.05, 0.1) is 13.2 Å². The van der Waals surface area contributed by atoms with Crippen molar-refractivity contribution in [3.05, 3.63) is 0 Å². The van der Waals surface area contributed by atoms with E-state index in [-0.39, 0.29) is 5.91 Å². The van der Waals surface area contributed by atoms with Crippen LogP contribution in [0, 0.1) is 11.8 Å². The van der Waals surface area contributed by atoms with E-state index >= 15 is 0 Å². The summed E-state index contributed by atoms with van der Waals surface area (Å²) in [4.78, 5) is 13.8. The number of hydrogen-bond donors (Lipinski definition) is 1. The van der Waals surface area contributed by atoms with Crippen LogP contribution in [0.3, 0.4) is 0 Å². The number of amides is 1. The first kappa shape index (κ1) is 10.9. The molecular weight excluding hydrogens is 192 g/mol. The van der Waals surface area contributed by atoms with Gasteiger partial charge in [-0.2, -0.15) is 0 Å². The standard InChI is InChI=1S/C11H20N2O2/c1-9-8-10(9)11(14)12-2-3-13-4-6-15-7-5-13/h9-10H,2-8H2,1H3,(H,12,14)/t9-,10+/m0/s1. The summed E-state index contributed by atoms with van der Waals surface area (Å²) < 4.78 is 5.26. The summed E-state index contributed by atoms with van der Waals surface area (Å²) in [7, 11) is 0. The zero-order valence-corrected chi connectivity index (χ0v) is 9.37. The highest BCUT2D eigenvalue weighted by Gasteiger charge is 2.38. The van der Waals surface area contributed by atoms with Crippen molar-refractivity contribution >= 4 is 5.91 Å². The Morgan fingerprint density at radius 1 is 1.47 bits per heavy atom. The minimum Gasteiger partial charge on any atom is -0.379 e. The summed E-state index contributed by atoms with van der Waals surface area (Å²) in [5.41, 5.74) is 0. The van der Waals surface area contributed by atoms with E-state index in [2.05, 4.69) is 17.1 Å². The molecule has 4 heteroatoms. The Kier molecular flexibility index (Phi) is 3.59. The summed E-state index contributed by atoms with van der Waals surface area (Å²) in [5, 5.41) is 3.00. The molecule has 0 spiro atoms. The fraction of sp³-hybridized carbons (Fsp3) is 0.909. The van der Waals surface area contributed by atoms with E-state index in [1.165, 1.54) is 0 Å². The van der Waals surface area contributed by atoms with Crippen molar-refractivity contribution in [2.24, 2.45) is 11.8 Å². The van der Waals surface area contributed by atoms with Crippen LogP contribution in [-0.4, -0.2) is 50.2 Å². The summed E-state index contributed by atoms with van der Waals surface area (Å²) in [6, 6.07) is 0. The zero-order chi connectivity index (χ0) is 10.7. The third kappa shape index (κ3) is 3.18. The Morgan fingerprint density at radius 2 is 2.13 bits per heavy atom. The molecule has 4 nitrogen and oxygen atoms in total. The third-order valence-corrected chi connectivity index (χ3v) is 3.28. The highest BCUT2D eigenvalue weighted by atomic mass is 16.5. The monoisotopic (exact) mass is 212 g/mol. The number of carbonyl (C=O) groups is 1. The SMILES string of the molecule is C[C@H]1C[C@H]1C(=O)NCCN1CCOCC1. The van der Waals surface area contributed by atoms with E-state index in [0.717, 1.165) is 45.8 Å². The average molecular weight is 212 g/mol. The quantitative estimate of drug-likeness (QED) is 0.718. The molecule has 2 rings (SSSR count). The number of nitrogens with zero attached hydrogens (tertiary/aromatic N) is 1. The molecule has 0 unspecified atom stereocenters. The van der Waals surface area contributed by atoms with Gasteiger partial charge >= 0.3 is 0 Å². The predicted octanol–water partition coefficient (Wildman–Crippen LogP) is 0.0908. The van der Waals surface area contributed by atoms with Crippen molar-refractivity contribution < 1.29 is 9.53 Å². The second-order valence-electron chi connectivity index (χ2n) is 4.56. The number of morpholine rings is 1. The minimum atomic E-state index is 0.246. The molecule has 1 aliphatic heterocycles. The lowest BCUT2D eigenvalue weighted by Crippen LogP contribution is -2.41. The molecular formula is C11H20N2O2. The first-order valence-electron chi connectivity index (χ1n) is 5.85. The van der Waals surface area contributed by atoms with E-state index in [0.29, 0.717) is 11.8 Å². The molecule has 2 aliphatic rings. The highest BCUT2D eigenvalue weighted by Crippen LogP contribution is 2.37. The lowest BCUT2D eigenvalue weighted by molar-refractivity contribution is -0.122. The van der Waals surface area contributed by atoms with E-state index in [9.17, 15) is 4.79 Å². The normalized spacial score (nSPS) is 31.3. The lowest BCUT2D eigenvalue weighted by Gasteiger charge is -2.26. The molecule has 0 bridgehead atoms. The van der Waals surface area contributed by atoms with Gasteiger partial charge < -0.3 is 10.1 Å². The van der Waals surface area contributed by atoms with Crippen molar-refractivity contribution in [1.82, 2.24) is 10.2 Å². The van der Waals surface area contributed by atoms with Crippen LogP contribution in [0.2, 0.25) is 0 Å². The number of carbonyl (C=O) groups excluding carboxylic acids is 1. The molecule has 1 aliphatic carbocycles. The van der Waals surface area contributed by atoms with E-state index in [1.807, 2.05) is 0 Å². The van der Waals surface area contributed by atoms with Gasteiger partial charge in [0, 0.05) is 32.1 Å².